The van der Waals surface area contributed by atoms with Gasteiger partial charge in [-0.25, -0.2) is 4.39 Å². The lowest BCUT2D eigenvalue weighted by Gasteiger charge is -2.19. The first kappa shape index (κ1) is 14.1. The van der Waals surface area contributed by atoms with Gasteiger partial charge in [-0.2, -0.15) is 0 Å². The number of hydrogen-bond donors (Lipinski definition) is 1. The lowest BCUT2D eigenvalue weighted by Crippen LogP contribution is -2.10. The number of halogens is 2. The van der Waals surface area contributed by atoms with Crippen LogP contribution < -0.4 is 5.32 Å². The first-order valence-corrected chi connectivity index (χ1v) is 7.06. The minimum absolute atomic E-state index is 0.0852. The molecule has 0 aliphatic rings. The third-order valence-electron chi connectivity index (χ3n) is 3.40. The Labute approximate surface area is 122 Å². The number of hydrogen-bond acceptors (Lipinski definition) is 1. The molecule has 0 fully saturated rings. The van der Waals surface area contributed by atoms with Crippen molar-refractivity contribution in [1.29, 1.82) is 0 Å². The summed E-state index contributed by atoms with van der Waals surface area (Å²) in [7, 11) is 0. The van der Waals surface area contributed by atoms with Crippen molar-refractivity contribution in [3.63, 3.8) is 0 Å². The molecule has 0 saturated carbocycles. The maximum absolute atomic E-state index is 13.8. The van der Waals surface area contributed by atoms with Crippen LogP contribution in [0, 0.1) is 19.7 Å². The van der Waals surface area contributed by atoms with Gasteiger partial charge in [0.25, 0.3) is 0 Å². The molecule has 0 spiro atoms. The van der Waals surface area contributed by atoms with Crippen LogP contribution in [0.25, 0.3) is 0 Å². The van der Waals surface area contributed by atoms with Gasteiger partial charge in [0.2, 0.25) is 0 Å². The Morgan fingerprint density at radius 1 is 1.16 bits per heavy atom. The normalized spacial score (nSPS) is 12.3. The van der Waals surface area contributed by atoms with E-state index in [4.69, 9.17) is 0 Å². The van der Waals surface area contributed by atoms with Crippen LogP contribution in [-0.4, -0.2) is 0 Å². The van der Waals surface area contributed by atoms with Crippen molar-refractivity contribution in [2.45, 2.75) is 26.8 Å². The monoisotopic (exact) mass is 321 g/mol. The molecule has 2 aromatic rings. The van der Waals surface area contributed by atoms with Crippen molar-refractivity contribution < 1.29 is 4.39 Å². The summed E-state index contributed by atoms with van der Waals surface area (Å²) in [6.07, 6.45) is 0. The summed E-state index contributed by atoms with van der Waals surface area (Å²) >= 11 is 3.38. The molecule has 19 heavy (non-hydrogen) atoms. The summed E-state index contributed by atoms with van der Waals surface area (Å²) in [6.45, 7) is 6.11. The molecule has 2 aromatic carbocycles. The second-order valence-electron chi connectivity index (χ2n) is 4.78. The van der Waals surface area contributed by atoms with Gasteiger partial charge in [0, 0.05) is 15.7 Å². The van der Waals surface area contributed by atoms with Crippen LogP contribution in [0.4, 0.5) is 10.1 Å². The maximum atomic E-state index is 13.8. The molecule has 1 N–H and O–H groups in total. The predicted octanol–water partition coefficient (Wildman–Crippen LogP) is 5.38. The molecule has 100 valence electrons. The van der Waals surface area contributed by atoms with Crippen molar-refractivity contribution in [3.8, 4) is 0 Å². The fourth-order valence-corrected chi connectivity index (χ4v) is 2.44. The molecule has 0 heterocycles. The standard InChI is InChI=1S/C16H17BrFN/c1-10-5-4-6-16(11(10)2)19-12(3)14-9-13(17)7-8-15(14)18/h4-9,12,19H,1-3H3. The van der Waals surface area contributed by atoms with E-state index in [1.54, 1.807) is 6.07 Å². The zero-order valence-electron chi connectivity index (χ0n) is 11.3. The summed E-state index contributed by atoms with van der Waals surface area (Å²) in [5.41, 5.74) is 4.14. The van der Waals surface area contributed by atoms with Crippen molar-refractivity contribution in [2.24, 2.45) is 0 Å². The first-order valence-electron chi connectivity index (χ1n) is 6.26. The molecule has 0 saturated heterocycles. The van der Waals surface area contributed by atoms with E-state index >= 15 is 0 Å². The second kappa shape index (κ2) is 5.74. The molecule has 0 aromatic heterocycles. The number of anilines is 1. The van der Waals surface area contributed by atoms with E-state index in [-0.39, 0.29) is 11.9 Å². The minimum atomic E-state index is -0.187. The Morgan fingerprint density at radius 2 is 1.89 bits per heavy atom. The Morgan fingerprint density at radius 3 is 2.63 bits per heavy atom. The van der Waals surface area contributed by atoms with Gasteiger partial charge in [-0.1, -0.05) is 28.1 Å². The third kappa shape index (κ3) is 3.16. The number of aryl methyl sites for hydroxylation is 1. The Bertz CT molecular complexity index is 595. The smallest absolute Gasteiger partial charge is 0.128 e. The average molecular weight is 322 g/mol. The largest absolute Gasteiger partial charge is 0.378 e. The van der Waals surface area contributed by atoms with Crippen LogP contribution in [0.3, 0.4) is 0 Å². The Kier molecular flexibility index (Phi) is 4.25. The van der Waals surface area contributed by atoms with Crippen molar-refractivity contribution in [3.05, 3.63) is 63.4 Å². The van der Waals surface area contributed by atoms with E-state index in [2.05, 4.69) is 41.2 Å². The van der Waals surface area contributed by atoms with Gasteiger partial charge in [0.15, 0.2) is 0 Å². The Hall–Kier alpha value is -1.35. The number of benzene rings is 2. The molecule has 0 bridgehead atoms. The molecule has 0 radical (unpaired) electrons. The van der Waals surface area contributed by atoms with Crippen LogP contribution >= 0.6 is 15.9 Å². The van der Waals surface area contributed by atoms with Crippen LogP contribution in [-0.2, 0) is 0 Å². The van der Waals surface area contributed by atoms with Gasteiger partial charge in [0.1, 0.15) is 5.82 Å². The summed E-state index contributed by atoms with van der Waals surface area (Å²) in [5.74, 6) is -0.187. The predicted molar refractivity (Wildman–Crippen MR) is 82.1 cm³/mol. The lowest BCUT2D eigenvalue weighted by molar-refractivity contribution is 0.600. The third-order valence-corrected chi connectivity index (χ3v) is 3.89. The fourth-order valence-electron chi connectivity index (χ4n) is 2.06. The molecular formula is C16H17BrFN. The van der Waals surface area contributed by atoms with E-state index < -0.39 is 0 Å². The highest BCUT2D eigenvalue weighted by atomic mass is 79.9. The number of rotatable bonds is 3. The highest BCUT2D eigenvalue weighted by molar-refractivity contribution is 9.10. The summed E-state index contributed by atoms with van der Waals surface area (Å²) in [6, 6.07) is 11.0. The molecular weight excluding hydrogens is 305 g/mol. The van der Waals surface area contributed by atoms with Gasteiger partial charge in [0.05, 0.1) is 6.04 Å². The van der Waals surface area contributed by atoms with E-state index in [0.717, 1.165) is 10.2 Å². The highest BCUT2D eigenvalue weighted by Gasteiger charge is 2.12. The second-order valence-corrected chi connectivity index (χ2v) is 5.70. The summed E-state index contributed by atoms with van der Waals surface area (Å²) < 4.78 is 14.7. The summed E-state index contributed by atoms with van der Waals surface area (Å²) in [5, 5.41) is 3.37. The van der Waals surface area contributed by atoms with Gasteiger partial charge >= 0.3 is 0 Å². The van der Waals surface area contributed by atoms with Gasteiger partial charge in [-0.05, 0) is 56.2 Å². The molecule has 1 atom stereocenters. The molecule has 1 nitrogen and oxygen atoms in total. The number of nitrogens with one attached hydrogen (secondary N) is 1. The zero-order valence-corrected chi connectivity index (χ0v) is 12.9. The molecule has 1 unspecified atom stereocenters. The van der Waals surface area contributed by atoms with Gasteiger partial charge in [-0.15, -0.1) is 0 Å². The van der Waals surface area contributed by atoms with Crippen LogP contribution in [0.5, 0.6) is 0 Å². The fraction of sp³-hybridized carbons (Fsp3) is 0.250. The Balaban J connectivity index is 2.28. The SMILES string of the molecule is Cc1cccc(NC(C)c2cc(Br)ccc2F)c1C. The molecule has 0 aliphatic carbocycles. The van der Waals surface area contributed by atoms with Gasteiger partial charge < -0.3 is 5.32 Å². The van der Waals surface area contributed by atoms with E-state index in [9.17, 15) is 4.39 Å². The quantitative estimate of drug-likeness (QED) is 0.800. The van der Waals surface area contributed by atoms with Crippen molar-refractivity contribution >= 4 is 21.6 Å². The highest BCUT2D eigenvalue weighted by Crippen LogP contribution is 2.27. The zero-order chi connectivity index (χ0) is 14.0. The van der Waals surface area contributed by atoms with Crippen molar-refractivity contribution in [1.82, 2.24) is 0 Å². The molecule has 2 rings (SSSR count). The average Bonchev–Trinajstić information content (AvgIpc) is 2.38. The molecule has 3 heteroatoms. The van der Waals surface area contributed by atoms with Crippen LogP contribution in [0.1, 0.15) is 29.7 Å². The van der Waals surface area contributed by atoms with Crippen molar-refractivity contribution in [2.75, 3.05) is 5.32 Å². The van der Waals surface area contributed by atoms with Crippen LogP contribution in [0.15, 0.2) is 40.9 Å². The molecule has 0 amide bonds. The minimum Gasteiger partial charge on any atom is -0.378 e. The van der Waals surface area contributed by atoms with E-state index in [1.165, 1.54) is 17.2 Å². The maximum Gasteiger partial charge on any atom is 0.128 e. The molecule has 0 aliphatic heterocycles. The lowest BCUT2D eigenvalue weighted by atomic mass is 10.0. The first-order chi connectivity index (χ1) is 8.99. The topological polar surface area (TPSA) is 12.0 Å². The van der Waals surface area contributed by atoms with E-state index in [1.807, 2.05) is 25.1 Å². The van der Waals surface area contributed by atoms with E-state index in [0.29, 0.717) is 5.56 Å². The summed E-state index contributed by atoms with van der Waals surface area (Å²) in [4.78, 5) is 0. The van der Waals surface area contributed by atoms with Crippen LogP contribution in [0.2, 0.25) is 0 Å². The van der Waals surface area contributed by atoms with Gasteiger partial charge in [-0.3, -0.25) is 0 Å².